The predicted octanol–water partition coefficient (Wildman–Crippen LogP) is 3.96. The molecule has 2 aromatic carbocycles. The van der Waals surface area contributed by atoms with Crippen molar-refractivity contribution in [2.75, 3.05) is 11.5 Å². The maximum Gasteiger partial charge on any atom is 0.333 e. The molecule has 0 atom stereocenters. The summed E-state index contributed by atoms with van der Waals surface area (Å²) in [6, 6.07) is 13.4. The summed E-state index contributed by atoms with van der Waals surface area (Å²) >= 11 is 5.89. The first-order chi connectivity index (χ1) is 14.5. The van der Waals surface area contributed by atoms with Gasteiger partial charge < -0.3 is 14.6 Å². The average Bonchev–Trinajstić information content (AvgIpc) is 3.20. The largest absolute Gasteiger partial charge is 0.465 e. The highest BCUT2D eigenvalue weighted by Crippen LogP contribution is 2.27. The number of esters is 1. The number of nitrogens with zero attached hydrogens (tertiary/aromatic N) is 2. The number of hydrogen-bond donors (Lipinski definition) is 1. The Bertz CT molecular complexity index is 1180. The van der Waals surface area contributed by atoms with Crippen LogP contribution in [0.2, 0.25) is 5.02 Å². The minimum Gasteiger partial charge on any atom is -0.465 e. The predicted molar refractivity (Wildman–Crippen MR) is 114 cm³/mol. The molecule has 1 aromatic heterocycles. The second-order valence-electron chi connectivity index (χ2n) is 6.64. The number of hydrogen-bond acceptors (Lipinski definition) is 4. The Morgan fingerprint density at radius 2 is 1.87 bits per heavy atom. The molecule has 0 radical (unpaired) electrons. The van der Waals surface area contributed by atoms with Gasteiger partial charge in [-0.3, -0.25) is 9.59 Å². The molecule has 1 aliphatic heterocycles. The lowest BCUT2D eigenvalue weighted by Crippen LogP contribution is -2.30. The molecule has 152 valence electrons. The molecule has 8 heteroatoms. The van der Waals surface area contributed by atoms with Crippen LogP contribution in [0.5, 0.6) is 0 Å². The number of imide groups is 1. The van der Waals surface area contributed by atoms with E-state index >= 15 is 0 Å². The number of anilines is 1. The molecular formula is C22H18ClN3O4. The number of carbonyl (C=O) groups is 3. The molecule has 0 aliphatic carbocycles. The van der Waals surface area contributed by atoms with Crippen LogP contribution in [-0.4, -0.2) is 29.1 Å². The Kier molecular flexibility index (Phi) is 5.29. The number of halogens is 1. The first-order valence-corrected chi connectivity index (χ1v) is 9.72. The van der Waals surface area contributed by atoms with Gasteiger partial charge >= 0.3 is 12.0 Å². The summed E-state index contributed by atoms with van der Waals surface area (Å²) in [5.41, 5.74) is 2.10. The SMILES string of the molecule is CCOC(=O)Cn1cc(/C=C2/NC(=O)N(c3ccc(Cl)cc3)C2=O)c2ccccc21. The molecule has 4 rings (SSSR count). The number of benzene rings is 2. The summed E-state index contributed by atoms with van der Waals surface area (Å²) in [4.78, 5) is 38.3. The number of nitrogens with one attached hydrogen (secondary N) is 1. The highest BCUT2D eigenvalue weighted by Gasteiger charge is 2.35. The lowest BCUT2D eigenvalue weighted by molar-refractivity contribution is -0.143. The number of fused-ring (bicyclic) bond motifs is 1. The second kappa shape index (κ2) is 8.04. The third-order valence-electron chi connectivity index (χ3n) is 4.69. The van der Waals surface area contributed by atoms with Gasteiger partial charge in [0.1, 0.15) is 12.2 Å². The van der Waals surface area contributed by atoms with E-state index in [1.54, 1.807) is 48.0 Å². The minimum absolute atomic E-state index is 0.0503. The minimum atomic E-state index is -0.538. The molecule has 0 saturated carbocycles. The maximum atomic E-state index is 12.9. The molecule has 7 nitrogen and oxygen atoms in total. The molecule has 0 unspecified atom stereocenters. The van der Waals surface area contributed by atoms with E-state index in [1.165, 1.54) is 0 Å². The summed E-state index contributed by atoms with van der Waals surface area (Å²) in [6.45, 7) is 2.10. The fourth-order valence-electron chi connectivity index (χ4n) is 3.38. The molecule has 2 heterocycles. The molecule has 3 amide bonds. The molecule has 0 bridgehead atoms. The van der Waals surface area contributed by atoms with Crippen molar-refractivity contribution in [1.82, 2.24) is 9.88 Å². The molecule has 1 saturated heterocycles. The van der Waals surface area contributed by atoms with Crippen LogP contribution in [0.15, 0.2) is 60.4 Å². The first kappa shape index (κ1) is 19.7. The number of amides is 3. The maximum absolute atomic E-state index is 12.9. The summed E-state index contributed by atoms with van der Waals surface area (Å²) in [6.07, 6.45) is 3.37. The van der Waals surface area contributed by atoms with Gasteiger partial charge in [-0.25, -0.2) is 9.69 Å². The Hall–Kier alpha value is -3.58. The van der Waals surface area contributed by atoms with Gasteiger partial charge in [-0.05, 0) is 43.3 Å². The van der Waals surface area contributed by atoms with Crippen LogP contribution in [0, 0.1) is 0 Å². The summed E-state index contributed by atoms with van der Waals surface area (Å²) < 4.78 is 6.80. The number of aromatic nitrogens is 1. The van der Waals surface area contributed by atoms with Crippen LogP contribution in [0.3, 0.4) is 0 Å². The van der Waals surface area contributed by atoms with Gasteiger partial charge in [0.2, 0.25) is 0 Å². The monoisotopic (exact) mass is 423 g/mol. The molecule has 1 N–H and O–H groups in total. The van der Waals surface area contributed by atoms with Crippen molar-refractivity contribution in [3.63, 3.8) is 0 Å². The van der Waals surface area contributed by atoms with Gasteiger partial charge in [-0.15, -0.1) is 0 Å². The third-order valence-corrected chi connectivity index (χ3v) is 4.94. The van der Waals surface area contributed by atoms with Crippen molar-refractivity contribution in [1.29, 1.82) is 0 Å². The third kappa shape index (κ3) is 3.67. The Morgan fingerprint density at radius 3 is 2.60 bits per heavy atom. The fraction of sp³-hybridized carbons (Fsp3) is 0.136. The zero-order valence-electron chi connectivity index (χ0n) is 16.1. The Morgan fingerprint density at radius 1 is 1.13 bits per heavy atom. The van der Waals surface area contributed by atoms with Gasteiger partial charge in [0.15, 0.2) is 0 Å². The number of ether oxygens (including phenoxy) is 1. The summed E-state index contributed by atoms with van der Waals surface area (Å²) in [5.74, 6) is -0.818. The lowest BCUT2D eigenvalue weighted by atomic mass is 10.1. The normalized spacial score (nSPS) is 15.1. The first-order valence-electron chi connectivity index (χ1n) is 9.34. The average molecular weight is 424 g/mol. The summed E-state index contributed by atoms with van der Waals surface area (Å²) in [5, 5.41) is 3.97. The van der Waals surface area contributed by atoms with Crippen LogP contribution in [0.1, 0.15) is 12.5 Å². The van der Waals surface area contributed by atoms with E-state index in [-0.39, 0.29) is 18.2 Å². The van der Waals surface area contributed by atoms with E-state index < -0.39 is 11.9 Å². The van der Waals surface area contributed by atoms with Crippen molar-refractivity contribution < 1.29 is 19.1 Å². The number of carbonyl (C=O) groups excluding carboxylic acids is 3. The van der Waals surface area contributed by atoms with Gasteiger partial charge in [0, 0.05) is 27.7 Å². The van der Waals surface area contributed by atoms with Gasteiger partial charge in [0.05, 0.1) is 12.3 Å². The lowest BCUT2D eigenvalue weighted by Gasteiger charge is -2.11. The van der Waals surface area contributed by atoms with E-state index in [4.69, 9.17) is 16.3 Å². The molecule has 0 spiro atoms. The Labute approximate surface area is 177 Å². The quantitative estimate of drug-likeness (QED) is 0.382. The van der Waals surface area contributed by atoms with Gasteiger partial charge in [-0.1, -0.05) is 29.8 Å². The number of urea groups is 1. The zero-order valence-corrected chi connectivity index (χ0v) is 16.8. The van der Waals surface area contributed by atoms with Crippen molar-refractivity contribution in [2.24, 2.45) is 0 Å². The van der Waals surface area contributed by atoms with Crippen molar-refractivity contribution in [3.05, 3.63) is 71.0 Å². The van der Waals surface area contributed by atoms with E-state index in [2.05, 4.69) is 5.32 Å². The van der Waals surface area contributed by atoms with Crippen LogP contribution in [0.25, 0.3) is 17.0 Å². The second-order valence-corrected chi connectivity index (χ2v) is 7.08. The van der Waals surface area contributed by atoms with Crippen LogP contribution in [0.4, 0.5) is 10.5 Å². The molecule has 1 aliphatic rings. The number of para-hydroxylation sites is 1. The zero-order chi connectivity index (χ0) is 21.3. The van der Waals surface area contributed by atoms with Crippen LogP contribution >= 0.6 is 11.6 Å². The topological polar surface area (TPSA) is 80.6 Å². The van der Waals surface area contributed by atoms with Crippen molar-refractivity contribution >= 4 is 52.2 Å². The van der Waals surface area contributed by atoms with Crippen molar-refractivity contribution in [3.8, 4) is 0 Å². The van der Waals surface area contributed by atoms with E-state index in [0.717, 1.165) is 15.8 Å². The Balaban J connectivity index is 1.69. The molecule has 30 heavy (non-hydrogen) atoms. The van der Waals surface area contributed by atoms with Gasteiger partial charge in [0.25, 0.3) is 5.91 Å². The standard InChI is InChI=1S/C22H18ClN3O4/c1-2-30-20(27)13-25-12-14(17-5-3-4-6-19(17)25)11-18-21(28)26(22(29)24-18)16-9-7-15(23)8-10-16/h3-12H,2,13H2,1H3,(H,24,29)/b18-11+. The highest BCUT2D eigenvalue weighted by molar-refractivity contribution is 6.31. The van der Waals surface area contributed by atoms with Crippen LogP contribution < -0.4 is 10.2 Å². The van der Waals surface area contributed by atoms with E-state index in [0.29, 0.717) is 22.9 Å². The van der Waals surface area contributed by atoms with E-state index in [1.807, 2.05) is 24.3 Å². The fourth-order valence-corrected chi connectivity index (χ4v) is 3.51. The smallest absolute Gasteiger partial charge is 0.333 e. The molecule has 1 fully saturated rings. The van der Waals surface area contributed by atoms with Gasteiger partial charge in [-0.2, -0.15) is 0 Å². The van der Waals surface area contributed by atoms with Crippen LogP contribution in [-0.2, 0) is 20.9 Å². The molecular weight excluding hydrogens is 406 g/mol. The van der Waals surface area contributed by atoms with Crippen molar-refractivity contribution in [2.45, 2.75) is 13.5 Å². The molecule has 3 aromatic rings. The summed E-state index contributed by atoms with van der Waals surface area (Å²) in [7, 11) is 0. The number of rotatable bonds is 5. The highest BCUT2D eigenvalue weighted by atomic mass is 35.5. The van der Waals surface area contributed by atoms with E-state index in [9.17, 15) is 14.4 Å².